The predicted octanol–water partition coefficient (Wildman–Crippen LogP) is 5.25. The minimum absolute atomic E-state index is 0.0237. The second-order valence-corrected chi connectivity index (χ2v) is 8.02. The molecule has 29 heavy (non-hydrogen) atoms. The third kappa shape index (κ3) is 4.52. The number of carbonyl (C=O) groups is 1. The van der Waals surface area contributed by atoms with Crippen LogP contribution in [0.2, 0.25) is 0 Å². The van der Waals surface area contributed by atoms with E-state index in [1.165, 1.54) is 18.6 Å². The zero-order chi connectivity index (χ0) is 20.4. The van der Waals surface area contributed by atoms with Gasteiger partial charge in [-0.05, 0) is 73.4 Å². The van der Waals surface area contributed by atoms with Crippen molar-refractivity contribution in [1.82, 2.24) is 0 Å². The van der Waals surface area contributed by atoms with Crippen molar-refractivity contribution in [3.8, 4) is 16.9 Å². The Balaban J connectivity index is 1.50. The summed E-state index contributed by atoms with van der Waals surface area (Å²) in [6.45, 7) is 0.908. The molecule has 0 amide bonds. The highest BCUT2D eigenvalue weighted by Gasteiger charge is 2.26. The molecule has 6 heteroatoms. The third-order valence-corrected chi connectivity index (χ3v) is 5.93. The Labute approximate surface area is 169 Å². The molecule has 0 unspecified atom stereocenters. The van der Waals surface area contributed by atoms with Gasteiger partial charge >= 0.3 is 5.97 Å². The highest BCUT2D eigenvalue weighted by molar-refractivity contribution is 5.69. The van der Waals surface area contributed by atoms with Crippen LogP contribution in [-0.2, 0) is 4.79 Å². The molecule has 4 rings (SSSR count). The second-order valence-electron chi connectivity index (χ2n) is 8.02. The summed E-state index contributed by atoms with van der Waals surface area (Å²) in [5.74, 6) is -1.23. The summed E-state index contributed by atoms with van der Waals surface area (Å²) in [5.41, 5.74) is 1.17. The molecule has 1 aliphatic heterocycles. The molecule has 1 N–H and O–H groups in total. The number of hydrogen-bond acceptors (Lipinski definition) is 3. The monoisotopic (exact) mass is 401 g/mol. The Hall–Kier alpha value is -2.63. The number of nitrogens with zero attached hydrogens (tertiary/aromatic N) is 1. The number of halogens is 2. The number of carboxylic acids is 1. The Bertz CT molecular complexity index is 866. The van der Waals surface area contributed by atoms with Crippen molar-refractivity contribution in [3.63, 3.8) is 0 Å². The molecule has 0 radical (unpaired) electrons. The molecule has 1 aliphatic carbocycles. The van der Waals surface area contributed by atoms with Gasteiger partial charge in [0.1, 0.15) is 23.1 Å². The van der Waals surface area contributed by atoms with Crippen molar-refractivity contribution in [2.45, 2.75) is 44.6 Å². The molecule has 0 bridgehead atoms. The van der Waals surface area contributed by atoms with Crippen LogP contribution in [0, 0.1) is 17.6 Å². The molecule has 2 aromatic rings. The van der Waals surface area contributed by atoms with Crippen molar-refractivity contribution >= 4 is 11.7 Å². The Morgan fingerprint density at radius 1 is 1.03 bits per heavy atom. The van der Waals surface area contributed by atoms with Gasteiger partial charge in [-0.1, -0.05) is 12.1 Å². The first-order valence-corrected chi connectivity index (χ1v) is 10.2. The Morgan fingerprint density at radius 3 is 2.31 bits per heavy atom. The lowest BCUT2D eigenvalue weighted by molar-refractivity contribution is -0.138. The molecule has 0 spiro atoms. The first-order valence-electron chi connectivity index (χ1n) is 10.2. The molecular weight excluding hydrogens is 376 g/mol. The van der Waals surface area contributed by atoms with Crippen LogP contribution >= 0.6 is 0 Å². The minimum atomic E-state index is -0.825. The fourth-order valence-corrected chi connectivity index (χ4v) is 4.07. The summed E-state index contributed by atoms with van der Waals surface area (Å²) in [6, 6.07) is 10.1. The standard InChI is InChI=1S/C23H25F2NO3/c24-20-13-17(16-3-1-6-19(12-16)29-18-4-2-5-18)14-21(25)23(20)26-9-7-15(8-10-26)11-22(27)28/h1,3,6,12-15,18H,2,4-5,7-11H2,(H,27,28). The molecule has 0 aromatic heterocycles. The van der Waals surface area contributed by atoms with Crippen molar-refractivity contribution in [2.24, 2.45) is 5.92 Å². The molecule has 1 saturated heterocycles. The molecule has 1 heterocycles. The number of hydrogen-bond donors (Lipinski definition) is 1. The van der Waals surface area contributed by atoms with Crippen LogP contribution < -0.4 is 9.64 Å². The van der Waals surface area contributed by atoms with Gasteiger partial charge in [0.05, 0.1) is 6.10 Å². The van der Waals surface area contributed by atoms with Crippen LogP contribution in [0.15, 0.2) is 36.4 Å². The van der Waals surface area contributed by atoms with Crippen molar-refractivity contribution in [3.05, 3.63) is 48.0 Å². The third-order valence-electron chi connectivity index (χ3n) is 5.93. The lowest BCUT2D eigenvalue weighted by atomic mass is 9.93. The molecular formula is C23H25F2NO3. The first kappa shape index (κ1) is 19.7. The van der Waals surface area contributed by atoms with Gasteiger partial charge in [0.25, 0.3) is 0 Å². The van der Waals surface area contributed by atoms with E-state index >= 15 is 0 Å². The smallest absolute Gasteiger partial charge is 0.303 e. The van der Waals surface area contributed by atoms with E-state index in [1.807, 2.05) is 24.3 Å². The van der Waals surface area contributed by atoms with Gasteiger partial charge in [-0.25, -0.2) is 8.78 Å². The fourth-order valence-electron chi connectivity index (χ4n) is 4.07. The molecule has 154 valence electrons. The summed E-state index contributed by atoms with van der Waals surface area (Å²) < 4.78 is 35.6. The van der Waals surface area contributed by atoms with E-state index in [0.29, 0.717) is 37.1 Å². The topological polar surface area (TPSA) is 49.8 Å². The Kier molecular flexibility index (Phi) is 5.69. The minimum Gasteiger partial charge on any atom is -0.490 e. The maximum Gasteiger partial charge on any atom is 0.303 e. The van der Waals surface area contributed by atoms with Crippen molar-refractivity contribution < 1.29 is 23.4 Å². The summed E-state index contributed by atoms with van der Waals surface area (Å²) in [5, 5.41) is 8.92. The van der Waals surface area contributed by atoms with Gasteiger partial charge in [-0.3, -0.25) is 4.79 Å². The molecule has 0 atom stereocenters. The number of anilines is 1. The first-order chi connectivity index (χ1) is 14.0. The van der Waals surface area contributed by atoms with Crippen LogP contribution in [0.25, 0.3) is 11.1 Å². The summed E-state index contributed by atoms with van der Waals surface area (Å²) in [7, 11) is 0. The summed E-state index contributed by atoms with van der Waals surface area (Å²) >= 11 is 0. The van der Waals surface area contributed by atoms with E-state index in [-0.39, 0.29) is 24.1 Å². The highest BCUT2D eigenvalue weighted by atomic mass is 19.1. The van der Waals surface area contributed by atoms with Crippen LogP contribution in [0.5, 0.6) is 5.75 Å². The van der Waals surface area contributed by atoms with Gasteiger partial charge in [0.15, 0.2) is 0 Å². The van der Waals surface area contributed by atoms with Gasteiger partial charge < -0.3 is 14.7 Å². The van der Waals surface area contributed by atoms with Crippen LogP contribution in [0.4, 0.5) is 14.5 Å². The maximum absolute atomic E-state index is 14.9. The van der Waals surface area contributed by atoms with Crippen molar-refractivity contribution in [1.29, 1.82) is 0 Å². The average molecular weight is 401 g/mol. The SMILES string of the molecule is O=C(O)CC1CCN(c2c(F)cc(-c3cccc(OC4CCC4)c3)cc2F)CC1. The maximum atomic E-state index is 14.9. The summed E-state index contributed by atoms with van der Waals surface area (Å²) in [6.07, 6.45) is 4.86. The van der Waals surface area contributed by atoms with E-state index in [9.17, 15) is 13.6 Å². The lowest BCUT2D eigenvalue weighted by Crippen LogP contribution is -2.35. The zero-order valence-corrected chi connectivity index (χ0v) is 16.2. The molecule has 4 nitrogen and oxygen atoms in total. The van der Waals surface area contributed by atoms with E-state index in [4.69, 9.17) is 9.84 Å². The van der Waals surface area contributed by atoms with Gasteiger partial charge in [0, 0.05) is 19.5 Å². The van der Waals surface area contributed by atoms with Crippen molar-refractivity contribution in [2.75, 3.05) is 18.0 Å². The van der Waals surface area contributed by atoms with Gasteiger partial charge in [-0.15, -0.1) is 0 Å². The number of carboxylic acid groups (broad SMARTS) is 1. The van der Waals surface area contributed by atoms with Gasteiger partial charge in [0.2, 0.25) is 0 Å². The Morgan fingerprint density at radius 2 is 1.72 bits per heavy atom. The second kappa shape index (κ2) is 8.39. The quantitative estimate of drug-likeness (QED) is 0.718. The van der Waals surface area contributed by atoms with Crippen LogP contribution in [-0.4, -0.2) is 30.3 Å². The fraction of sp³-hybridized carbons (Fsp3) is 0.435. The number of piperidine rings is 1. The van der Waals surface area contributed by atoms with E-state index in [0.717, 1.165) is 18.6 Å². The number of aliphatic carboxylic acids is 1. The molecule has 2 aromatic carbocycles. The molecule has 1 saturated carbocycles. The largest absolute Gasteiger partial charge is 0.490 e. The summed E-state index contributed by atoms with van der Waals surface area (Å²) in [4.78, 5) is 12.5. The number of rotatable bonds is 6. The number of benzene rings is 2. The van der Waals surface area contributed by atoms with Crippen LogP contribution in [0.1, 0.15) is 38.5 Å². The predicted molar refractivity (Wildman–Crippen MR) is 107 cm³/mol. The lowest BCUT2D eigenvalue weighted by Gasteiger charge is -2.33. The van der Waals surface area contributed by atoms with Crippen LogP contribution in [0.3, 0.4) is 0 Å². The van der Waals surface area contributed by atoms with E-state index in [2.05, 4.69) is 0 Å². The molecule has 2 aliphatic rings. The van der Waals surface area contributed by atoms with E-state index < -0.39 is 17.6 Å². The normalized spacial score (nSPS) is 17.8. The zero-order valence-electron chi connectivity index (χ0n) is 16.2. The molecule has 2 fully saturated rings. The highest BCUT2D eigenvalue weighted by Crippen LogP contribution is 2.34. The van der Waals surface area contributed by atoms with Gasteiger partial charge in [-0.2, -0.15) is 0 Å². The van der Waals surface area contributed by atoms with E-state index in [1.54, 1.807) is 4.90 Å². The number of ether oxygens (including phenoxy) is 1. The average Bonchev–Trinajstić information content (AvgIpc) is 2.65.